The van der Waals surface area contributed by atoms with E-state index in [1.807, 2.05) is 12.1 Å². The second-order valence-corrected chi connectivity index (χ2v) is 7.94. The van der Waals surface area contributed by atoms with Crippen molar-refractivity contribution in [3.63, 3.8) is 0 Å². The molecule has 3 heterocycles. The van der Waals surface area contributed by atoms with Gasteiger partial charge < -0.3 is 9.30 Å². The van der Waals surface area contributed by atoms with Crippen LogP contribution in [0.1, 0.15) is 12.7 Å². The number of aromatic nitrogens is 3. The minimum Gasteiger partial charge on any atom is -0.451 e. The first kappa shape index (κ1) is 16.7. The Labute approximate surface area is 178 Å². The first-order valence-electron chi connectivity index (χ1n) is 10.7. The first-order valence-corrected chi connectivity index (χ1v) is 10.7. The molecule has 0 spiro atoms. The van der Waals surface area contributed by atoms with E-state index in [-0.39, 0.29) is 0 Å². The fraction of sp³-hybridized carbons (Fsp3) is 0.0741. The van der Waals surface area contributed by atoms with Crippen molar-refractivity contribution in [2.24, 2.45) is 0 Å². The number of para-hydroxylation sites is 4. The third kappa shape index (κ3) is 2.11. The van der Waals surface area contributed by atoms with Crippen LogP contribution in [0.3, 0.4) is 0 Å². The molecule has 0 N–H and O–H groups in total. The molecule has 0 radical (unpaired) electrons. The number of imidazole rings is 1. The number of rotatable bonds is 2. The molecule has 4 heteroatoms. The van der Waals surface area contributed by atoms with E-state index in [4.69, 9.17) is 9.72 Å². The van der Waals surface area contributed by atoms with Crippen molar-refractivity contribution in [1.82, 2.24) is 14.1 Å². The van der Waals surface area contributed by atoms with Crippen molar-refractivity contribution >= 4 is 32.8 Å². The third-order valence-electron chi connectivity index (χ3n) is 6.28. The van der Waals surface area contributed by atoms with Crippen LogP contribution in [0.5, 0.6) is 11.5 Å². The van der Waals surface area contributed by atoms with Crippen molar-refractivity contribution in [3.05, 3.63) is 90.8 Å². The summed E-state index contributed by atoms with van der Waals surface area (Å²) in [5.74, 6) is 2.76. The van der Waals surface area contributed by atoms with Gasteiger partial charge in [-0.2, -0.15) is 0 Å². The first-order chi connectivity index (χ1) is 15.3. The van der Waals surface area contributed by atoms with Crippen LogP contribution in [0.25, 0.3) is 44.2 Å². The molecule has 0 aliphatic carbocycles. The number of hydrogen-bond acceptors (Lipinski definition) is 2. The Morgan fingerprint density at radius 2 is 1.39 bits per heavy atom. The number of fused-ring (bicyclic) bond motifs is 5. The van der Waals surface area contributed by atoms with Gasteiger partial charge in [-0.15, -0.1) is 0 Å². The van der Waals surface area contributed by atoms with Crippen LogP contribution in [0.4, 0.5) is 0 Å². The van der Waals surface area contributed by atoms with E-state index in [0.29, 0.717) is 0 Å². The molecule has 2 aromatic heterocycles. The highest BCUT2D eigenvalue weighted by Gasteiger charge is 2.27. The molecule has 7 rings (SSSR count). The molecule has 0 saturated carbocycles. The molecule has 0 fully saturated rings. The highest BCUT2D eigenvalue weighted by molar-refractivity contribution is 6.10. The topological polar surface area (TPSA) is 32.0 Å². The normalized spacial score (nSPS) is 12.4. The summed E-state index contributed by atoms with van der Waals surface area (Å²) < 4.78 is 11.2. The molecule has 1 aliphatic rings. The van der Waals surface area contributed by atoms with Gasteiger partial charge in [-0.3, -0.25) is 4.57 Å². The zero-order chi connectivity index (χ0) is 20.5. The van der Waals surface area contributed by atoms with Gasteiger partial charge in [0.1, 0.15) is 11.3 Å². The van der Waals surface area contributed by atoms with Crippen molar-refractivity contribution in [3.8, 4) is 22.9 Å². The van der Waals surface area contributed by atoms with E-state index >= 15 is 0 Å². The van der Waals surface area contributed by atoms with E-state index in [2.05, 4.69) is 88.9 Å². The molecular formula is C27H19N3O. The Hall–Kier alpha value is -4.05. The lowest BCUT2D eigenvalue weighted by atomic mass is 10.2. The molecule has 0 saturated heterocycles. The standard InChI is InChI=1S/C27H19N3O/c1-2-25-28-19-15-16-23(27-26(19)30(25)22-13-7-8-14-24(22)31-27)29-20-11-5-3-9-17(20)18-10-4-6-12-21(18)29/h3-16H,2H2,1H3. The molecule has 0 unspecified atom stereocenters. The van der Waals surface area contributed by atoms with Gasteiger partial charge in [0.05, 0.1) is 27.9 Å². The lowest BCUT2D eigenvalue weighted by molar-refractivity contribution is 0.472. The minimum absolute atomic E-state index is 0.854. The van der Waals surface area contributed by atoms with Crippen LogP contribution in [0.2, 0.25) is 0 Å². The molecule has 0 amide bonds. The van der Waals surface area contributed by atoms with Gasteiger partial charge in [-0.1, -0.05) is 55.5 Å². The molecule has 148 valence electrons. The zero-order valence-corrected chi connectivity index (χ0v) is 17.0. The monoisotopic (exact) mass is 401 g/mol. The molecule has 6 aromatic rings. The highest BCUT2D eigenvalue weighted by Crippen LogP contribution is 2.46. The second-order valence-electron chi connectivity index (χ2n) is 7.94. The van der Waals surface area contributed by atoms with Crippen molar-refractivity contribution in [2.45, 2.75) is 13.3 Å². The Morgan fingerprint density at radius 3 is 2.13 bits per heavy atom. The van der Waals surface area contributed by atoms with Gasteiger partial charge in [0.25, 0.3) is 0 Å². The van der Waals surface area contributed by atoms with E-state index < -0.39 is 0 Å². The average molecular weight is 401 g/mol. The van der Waals surface area contributed by atoms with Crippen molar-refractivity contribution in [1.29, 1.82) is 0 Å². The number of aryl methyl sites for hydroxylation is 1. The summed E-state index contributed by atoms with van der Waals surface area (Å²) in [6, 6.07) is 29.6. The van der Waals surface area contributed by atoms with Crippen LogP contribution >= 0.6 is 0 Å². The average Bonchev–Trinajstić information content (AvgIpc) is 3.37. The fourth-order valence-corrected chi connectivity index (χ4v) is 4.97. The molecular weight excluding hydrogens is 382 g/mol. The summed E-state index contributed by atoms with van der Waals surface area (Å²) in [6.07, 6.45) is 0.854. The Morgan fingerprint density at radius 1 is 0.710 bits per heavy atom. The molecule has 0 atom stereocenters. The summed E-state index contributed by atoms with van der Waals surface area (Å²) in [4.78, 5) is 4.92. The Balaban J connectivity index is 1.66. The molecule has 0 bridgehead atoms. The number of ether oxygens (including phenoxy) is 1. The summed E-state index contributed by atoms with van der Waals surface area (Å²) >= 11 is 0. The van der Waals surface area contributed by atoms with Gasteiger partial charge >= 0.3 is 0 Å². The predicted molar refractivity (Wildman–Crippen MR) is 125 cm³/mol. The lowest BCUT2D eigenvalue weighted by Crippen LogP contribution is -2.09. The summed E-state index contributed by atoms with van der Waals surface area (Å²) in [6.45, 7) is 2.15. The van der Waals surface area contributed by atoms with Crippen LogP contribution in [-0.4, -0.2) is 14.1 Å². The van der Waals surface area contributed by atoms with Gasteiger partial charge in [-0.25, -0.2) is 4.98 Å². The largest absolute Gasteiger partial charge is 0.451 e. The van der Waals surface area contributed by atoms with E-state index in [1.54, 1.807) is 0 Å². The van der Waals surface area contributed by atoms with Crippen molar-refractivity contribution < 1.29 is 4.74 Å². The Kier molecular flexibility index (Phi) is 3.23. The number of hydrogen-bond donors (Lipinski definition) is 0. The highest BCUT2D eigenvalue weighted by atomic mass is 16.5. The Bertz CT molecular complexity index is 1600. The summed E-state index contributed by atoms with van der Waals surface area (Å²) in [5.41, 5.74) is 6.42. The maximum Gasteiger partial charge on any atom is 0.177 e. The summed E-state index contributed by atoms with van der Waals surface area (Å²) in [5, 5.41) is 2.48. The van der Waals surface area contributed by atoms with Crippen LogP contribution < -0.4 is 4.74 Å². The molecule has 1 aliphatic heterocycles. The van der Waals surface area contributed by atoms with E-state index in [9.17, 15) is 0 Å². The van der Waals surface area contributed by atoms with Crippen LogP contribution in [0.15, 0.2) is 84.9 Å². The lowest BCUT2D eigenvalue weighted by Gasteiger charge is -2.23. The van der Waals surface area contributed by atoms with Gasteiger partial charge in [-0.05, 0) is 36.4 Å². The smallest absolute Gasteiger partial charge is 0.177 e. The maximum atomic E-state index is 6.58. The fourth-order valence-electron chi connectivity index (χ4n) is 4.97. The maximum absolute atomic E-state index is 6.58. The molecule has 4 aromatic carbocycles. The third-order valence-corrected chi connectivity index (χ3v) is 6.28. The van der Waals surface area contributed by atoms with Crippen LogP contribution in [0, 0.1) is 0 Å². The SMILES string of the molecule is CCc1nc2ccc(-n3c4ccccc4c4ccccc43)c3c2n1-c1ccccc1O3. The van der Waals surface area contributed by atoms with Gasteiger partial charge in [0.15, 0.2) is 11.5 Å². The number of benzene rings is 4. The number of nitrogens with zero attached hydrogens (tertiary/aromatic N) is 3. The quantitative estimate of drug-likeness (QED) is 0.319. The van der Waals surface area contributed by atoms with Gasteiger partial charge in [0, 0.05) is 17.2 Å². The van der Waals surface area contributed by atoms with Crippen molar-refractivity contribution in [2.75, 3.05) is 0 Å². The van der Waals surface area contributed by atoms with Crippen LogP contribution in [-0.2, 0) is 6.42 Å². The molecule has 31 heavy (non-hydrogen) atoms. The minimum atomic E-state index is 0.854. The van der Waals surface area contributed by atoms with Gasteiger partial charge in [0.2, 0.25) is 0 Å². The van der Waals surface area contributed by atoms with E-state index in [0.717, 1.165) is 46.2 Å². The summed E-state index contributed by atoms with van der Waals surface area (Å²) in [7, 11) is 0. The molecule has 4 nitrogen and oxygen atoms in total. The van der Waals surface area contributed by atoms with E-state index in [1.165, 1.54) is 21.8 Å². The predicted octanol–water partition coefficient (Wildman–Crippen LogP) is 6.79. The second kappa shape index (κ2) is 5.99. The zero-order valence-electron chi connectivity index (χ0n) is 17.0.